The lowest BCUT2D eigenvalue weighted by molar-refractivity contribution is 0.233. The molecule has 0 bridgehead atoms. The van der Waals surface area contributed by atoms with Gasteiger partial charge >= 0.3 is 0 Å². The van der Waals surface area contributed by atoms with Crippen LogP contribution in [0.15, 0.2) is 18.2 Å². The number of nitrogen functional groups attached to an aromatic ring is 1. The largest absolute Gasteiger partial charge is 0.398 e. The van der Waals surface area contributed by atoms with E-state index in [2.05, 4.69) is 25.2 Å². The predicted molar refractivity (Wildman–Crippen MR) is 75.3 cm³/mol. The zero-order chi connectivity index (χ0) is 12.3. The Kier molecular flexibility index (Phi) is 3.60. The van der Waals surface area contributed by atoms with Crippen LogP contribution in [0.1, 0.15) is 44.6 Å². The first-order chi connectivity index (χ1) is 8.11. The topological polar surface area (TPSA) is 38.0 Å². The van der Waals surface area contributed by atoms with E-state index in [0.717, 1.165) is 12.2 Å². The minimum Gasteiger partial charge on any atom is -0.398 e. The Bertz CT molecular complexity index is 379. The van der Waals surface area contributed by atoms with Gasteiger partial charge in [-0.3, -0.25) is 0 Å². The van der Waals surface area contributed by atoms with E-state index in [-0.39, 0.29) is 0 Å². The number of hydrogen-bond donors (Lipinski definition) is 2. The van der Waals surface area contributed by atoms with Gasteiger partial charge in [-0.1, -0.05) is 32.3 Å². The molecule has 1 aliphatic rings. The summed E-state index contributed by atoms with van der Waals surface area (Å²) < 4.78 is 0. The summed E-state index contributed by atoms with van der Waals surface area (Å²) in [7, 11) is 0. The summed E-state index contributed by atoms with van der Waals surface area (Å²) in [4.78, 5) is 0. The number of anilines is 2. The highest BCUT2D eigenvalue weighted by molar-refractivity contribution is 5.62. The first-order valence-corrected chi connectivity index (χ1v) is 6.70. The van der Waals surface area contributed by atoms with E-state index in [9.17, 15) is 0 Å². The van der Waals surface area contributed by atoms with Crippen molar-refractivity contribution in [3.8, 4) is 0 Å². The lowest BCUT2D eigenvalue weighted by Gasteiger charge is -2.34. The van der Waals surface area contributed by atoms with Crippen LogP contribution in [0.5, 0.6) is 0 Å². The van der Waals surface area contributed by atoms with Gasteiger partial charge in [0.2, 0.25) is 0 Å². The van der Waals surface area contributed by atoms with Crippen molar-refractivity contribution in [3.63, 3.8) is 0 Å². The Labute approximate surface area is 105 Å². The van der Waals surface area contributed by atoms with E-state index < -0.39 is 0 Å². The van der Waals surface area contributed by atoms with Crippen molar-refractivity contribution < 1.29 is 0 Å². The lowest BCUT2D eigenvalue weighted by atomic mass is 9.75. The normalized spacial score (nSPS) is 18.9. The first-order valence-electron chi connectivity index (χ1n) is 6.70. The van der Waals surface area contributed by atoms with Gasteiger partial charge in [0.05, 0.1) is 0 Å². The second-order valence-electron chi connectivity index (χ2n) is 5.74. The molecule has 17 heavy (non-hydrogen) atoms. The third-order valence-electron chi connectivity index (χ3n) is 4.14. The molecule has 1 fully saturated rings. The molecule has 0 aliphatic heterocycles. The smallest absolute Gasteiger partial charge is 0.0390 e. The maximum absolute atomic E-state index is 5.92. The van der Waals surface area contributed by atoms with Gasteiger partial charge in [0.15, 0.2) is 0 Å². The SMILES string of the molecule is Cc1c(N)cccc1NCC1(C)CCCCC1. The van der Waals surface area contributed by atoms with Crippen molar-refractivity contribution in [1.82, 2.24) is 0 Å². The quantitative estimate of drug-likeness (QED) is 0.774. The number of nitrogens with two attached hydrogens (primary N) is 1. The number of hydrogen-bond acceptors (Lipinski definition) is 2. The van der Waals surface area contributed by atoms with Crippen LogP contribution in [0.3, 0.4) is 0 Å². The van der Waals surface area contributed by atoms with Gasteiger partial charge in [-0.25, -0.2) is 0 Å². The summed E-state index contributed by atoms with van der Waals surface area (Å²) in [5, 5.41) is 3.58. The van der Waals surface area contributed by atoms with Gasteiger partial charge in [-0.05, 0) is 42.9 Å². The monoisotopic (exact) mass is 232 g/mol. The molecule has 1 aromatic rings. The maximum Gasteiger partial charge on any atom is 0.0390 e. The average molecular weight is 232 g/mol. The van der Waals surface area contributed by atoms with Crippen LogP contribution in [-0.2, 0) is 0 Å². The highest BCUT2D eigenvalue weighted by Gasteiger charge is 2.26. The second kappa shape index (κ2) is 4.99. The molecule has 0 spiro atoms. The van der Waals surface area contributed by atoms with Gasteiger partial charge < -0.3 is 11.1 Å². The van der Waals surface area contributed by atoms with E-state index in [0.29, 0.717) is 5.41 Å². The summed E-state index contributed by atoms with van der Waals surface area (Å²) in [6, 6.07) is 6.11. The molecule has 2 nitrogen and oxygen atoms in total. The fourth-order valence-electron chi connectivity index (χ4n) is 2.74. The van der Waals surface area contributed by atoms with E-state index in [1.807, 2.05) is 12.1 Å². The summed E-state index contributed by atoms with van der Waals surface area (Å²) in [6.07, 6.45) is 6.87. The van der Waals surface area contributed by atoms with Crippen LogP contribution < -0.4 is 11.1 Å². The molecule has 0 amide bonds. The summed E-state index contributed by atoms with van der Waals surface area (Å²) in [6.45, 7) is 5.55. The zero-order valence-corrected chi connectivity index (χ0v) is 11.1. The molecule has 0 unspecified atom stereocenters. The summed E-state index contributed by atoms with van der Waals surface area (Å²) in [5.74, 6) is 0. The minimum absolute atomic E-state index is 0.468. The van der Waals surface area contributed by atoms with Gasteiger partial charge in [0.1, 0.15) is 0 Å². The third-order valence-corrected chi connectivity index (χ3v) is 4.14. The molecule has 3 N–H and O–H groups in total. The van der Waals surface area contributed by atoms with Gasteiger partial charge in [-0.2, -0.15) is 0 Å². The molecule has 1 saturated carbocycles. The fraction of sp³-hybridized carbons (Fsp3) is 0.600. The Balaban J connectivity index is 1.99. The molecule has 2 rings (SSSR count). The zero-order valence-electron chi connectivity index (χ0n) is 11.1. The maximum atomic E-state index is 5.92. The van der Waals surface area contributed by atoms with Crippen LogP contribution in [0.2, 0.25) is 0 Å². The Hall–Kier alpha value is -1.18. The van der Waals surface area contributed by atoms with Crippen LogP contribution in [0.4, 0.5) is 11.4 Å². The molecule has 1 aliphatic carbocycles. The van der Waals surface area contributed by atoms with E-state index >= 15 is 0 Å². The van der Waals surface area contributed by atoms with Crippen LogP contribution in [0.25, 0.3) is 0 Å². The molecule has 0 heterocycles. The third kappa shape index (κ3) is 2.93. The molecule has 0 aromatic heterocycles. The number of benzene rings is 1. The Morgan fingerprint density at radius 2 is 1.94 bits per heavy atom. The molecule has 94 valence electrons. The molecule has 0 atom stereocenters. The molecule has 0 saturated heterocycles. The summed E-state index contributed by atoms with van der Waals surface area (Å²) >= 11 is 0. The Morgan fingerprint density at radius 1 is 1.24 bits per heavy atom. The van der Waals surface area contributed by atoms with Crippen molar-refractivity contribution in [2.75, 3.05) is 17.6 Å². The van der Waals surface area contributed by atoms with Crippen molar-refractivity contribution in [1.29, 1.82) is 0 Å². The van der Waals surface area contributed by atoms with Gasteiger partial charge in [0, 0.05) is 17.9 Å². The molecular weight excluding hydrogens is 208 g/mol. The standard InChI is InChI=1S/C15H24N2/c1-12-13(16)7-6-8-14(12)17-11-15(2)9-4-3-5-10-15/h6-8,17H,3-5,9-11,16H2,1-2H3. The molecule has 1 aromatic carbocycles. The molecule has 2 heteroatoms. The predicted octanol–water partition coefficient (Wildman–Crippen LogP) is 3.96. The minimum atomic E-state index is 0.468. The summed E-state index contributed by atoms with van der Waals surface area (Å²) in [5.41, 5.74) is 9.63. The van der Waals surface area contributed by atoms with E-state index in [4.69, 9.17) is 5.73 Å². The number of nitrogens with one attached hydrogen (secondary N) is 1. The van der Waals surface area contributed by atoms with E-state index in [1.165, 1.54) is 43.4 Å². The van der Waals surface area contributed by atoms with Crippen molar-refractivity contribution in [2.45, 2.75) is 46.0 Å². The van der Waals surface area contributed by atoms with Gasteiger partial charge in [0.25, 0.3) is 0 Å². The fourth-order valence-corrected chi connectivity index (χ4v) is 2.74. The van der Waals surface area contributed by atoms with Crippen LogP contribution in [0, 0.1) is 12.3 Å². The molecule has 0 radical (unpaired) electrons. The Morgan fingerprint density at radius 3 is 2.65 bits per heavy atom. The van der Waals surface area contributed by atoms with E-state index in [1.54, 1.807) is 0 Å². The first kappa shape index (κ1) is 12.3. The van der Waals surface area contributed by atoms with Crippen LogP contribution >= 0.6 is 0 Å². The van der Waals surface area contributed by atoms with Crippen molar-refractivity contribution in [3.05, 3.63) is 23.8 Å². The highest BCUT2D eigenvalue weighted by atomic mass is 14.9. The van der Waals surface area contributed by atoms with Crippen molar-refractivity contribution in [2.24, 2.45) is 5.41 Å². The highest BCUT2D eigenvalue weighted by Crippen LogP contribution is 2.36. The van der Waals surface area contributed by atoms with Crippen molar-refractivity contribution >= 4 is 11.4 Å². The van der Waals surface area contributed by atoms with Gasteiger partial charge in [-0.15, -0.1) is 0 Å². The number of rotatable bonds is 3. The lowest BCUT2D eigenvalue weighted by Crippen LogP contribution is -2.29. The van der Waals surface area contributed by atoms with Crippen LogP contribution in [-0.4, -0.2) is 6.54 Å². The second-order valence-corrected chi connectivity index (χ2v) is 5.74. The average Bonchev–Trinajstić information content (AvgIpc) is 2.32. The molecular formula is C15H24N2.